The maximum absolute atomic E-state index is 11.9. The van der Waals surface area contributed by atoms with E-state index in [0.29, 0.717) is 0 Å². The summed E-state index contributed by atoms with van der Waals surface area (Å²) < 4.78 is 1.51. The topological polar surface area (TPSA) is 25.3 Å². The molecule has 1 heterocycles. The molecule has 0 spiro atoms. The molecule has 0 saturated carbocycles. The summed E-state index contributed by atoms with van der Waals surface area (Å²) in [5, 5.41) is 0. The summed E-state index contributed by atoms with van der Waals surface area (Å²) in [5.41, 5.74) is 25.4. The van der Waals surface area contributed by atoms with Crippen LogP contribution in [0.4, 0.5) is 0 Å². The molecule has 0 unspecified atom stereocenters. The molecule has 0 N–H and O–H groups in total. The van der Waals surface area contributed by atoms with E-state index in [2.05, 4.69) is 91.8 Å². The Hall–Kier alpha value is -1.82. The number of rotatable bonds is 62. The zero-order chi connectivity index (χ0) is 62.7. The molecule has 0 amide bonds. The molecule has 1 aliphatic heterocycles. The van der Waals surface area contributed by atoms with Crippen LogP contribution in [-0.4, -0.2) is 4.70 Å². The SMILES string of the molecule is CCCCCCCCCCCCCCCCCCC[CH2][Pd][CH2]CCCCCCCCCCCCCCCCCCC.CCCCCc1cc(C2=CC=C(c3cc(CCCCC)c(CCCC)c(CCCCC)c3)[N+]2=[N-])cc(CCCCC)c1CCCC. The van der Waals surface area contributed by atoms with Crippen LogP contribution >= 0.6 is 0 Å². The standard InChI is InChI=1S/C44H68N2.2C20H41.Pd/c1-7-13-19-23-35-31-39(32-36(24-20-14-8-2)41(35)27-17-11-5)43-29-30-44(46(43)45)40-33-37(25-21-15-9-3)42(28-18-12-6)38(34-40)26-22-16-10-4;2*1-3-5-7-9-11-13-15-17-19-20-18-16-14-12-10-8-6-4-2;/h29-34H,7-28H2,1-6H3;2*1,3-20H2,2H3;. The molecule has 1 aliphatic rings. The fourth-order valence-corrected chi connectivity index (χ4v) is 15.4. The van der Waals surface area contributed by atoms with Crippen LogP contribution in [0.3, 0.4) is 0 Å². The Morgan fingerprint density at radius 1 is 0.241 bits per heavy atom. The van der Waals surface area contributed by atoms with Gasteiger partial charge in [0.15, 0.2) is 0 Å². The number of nitrogens with zero attached hydrogens (tertiary/aromatic N) is 2. The van der Waals surface area contributed by atoms with E-state index >= 15 is 0 Å². The molecule has 0 bridgehead atoms. The van der Waals surface area contributed by atoms with Gasteiger partial charge in [0.25, 0.3) is 0 Å². The fourth-order valence-electron chi connectivity index (χ4n) is 13.5. The summed E-state index contributed by atoms with van der Waals surface area (Å²) in [6.45, 7) is 18.4. The molecule has 2 nitrogen and oxygen atoms in total. The van der Waals surface area contributed by atoms with Crippen LogP contribution in [0, 0.1) is 0 Å². The summed E-state index contributed by atoms with van der Waals surface area (Å²) in [4.78, 5) is 3.10. The molecule has 0 aliphatic carbocycles. The number of aryl methyl sites for hydroxylation is 4. The van der Waals surface area contributed by atoms with Crippen LogP contribution < -0.4 is 0 Å². The maximum atomic E-state index is 11.9. The van der Waals surface area contributed by atoms with Crippen molar-refractivity contribution in [1.29, 1.82) is 0 Å². The molecule has 87 heavy (non-hydrogen) atoms. The average Bonchev–Trinajstić information content (AvgIpc) is 1.92. The Bertz CT molecular complexity index is 1740. The third kappa shape index (κ3) is 41.4. The minimum Gasteiger partial charge on any atom is -0.493 e. The van der Waals surface area contributed by atoms with Gasteiger partial charge in [-0.15, -0.1) is 0 Å². The van der Waals surface area contributed by atoms with Crippen molar-refractivity contribution in [3.8, 4) is 0 Å². The van der Waals surface area contributed by atoms with E-state index in [1.165, 1.54) is 385 Å². The first-order valence-corrected chi connectivity index (χ1v) is 41.8. The zero-order valence-corrected chi connectivity index (χ0v) is 61.7. The van der Waals surface area contributed by atoms with Crippen molar-refractivity contribution in [3.63, 3.8) is 0 Å². The van der Waals surface area contributed by atoms with Crippen molar-refractivity contribution in [2.24, 2.45) is 0 Å². The van der Waals surface area contributed by atoms with Crippen molar-refractivity contribution in [2.75, 3.05) is 0 Å². The van der Waals surface area contributed by atoms with Crippen molar-refractivity contribution in [1.82, 2.24) is 0 Å². The second-order valence-corrected chi connectivity index (χ2v) is 29.8. The fraction of sp³-hybridized carbons (Fsp3) is 0.810. The summed E-state index contributed by atoms with van der Waals surface area (Å²) in [7, 11) is 0. The third-order valence-corrected chi connectivity index (χ3v) is 21.4. The number of allylic oxidation sites excluding steroid dienone is 2. The van der Waals surface area contributed by atoms with E-state index in [-0.39, 0.29) is 0 Å². The van der Waals surface area contributed by atoms with Gasteiger partial charge in [0.2, 0.25) is 11.4 Å². The minimum atomic E-state index is 0.931. The van der Waals surface area contributed by atoms with Gasteiger partial charge in [-0.2, -0.15) is 0 Å². The Balaban J connectivity index is 0.000000598. The normalized spacial score (nSPS) is 12.4. The molecule has 0 fully saturated rings. The van der Waals surface area contributed by atoms with Crippen LogP contribution in [-0.2, 0) is 56.5 Å². The van der Waals surface area contributed by atoms with Crippen molar-refractivity contribution < 1.29 is 22.7 Å². The van der Waals surface area contributed by atoms with Gasteiger partial charge in [-0.3, -0.25) is 0 Å². The van der Waals surface area contributed by atoms with Crippen LogP contribution in [0.5, 0.6) is 0 Å². The quantitative estimate of drug-likeness (QED) is 0.0358. The second kappa shape index (κ2) is 60.4. The molecule has 2 aromatic rings. The summed E-state index contributed by atoms with van der Waals surface area (Å²) in [6, 6.07) is 9.71. The number of benzene rings is 2. The van der Waals surface area contributed by atoms with Gasteiger partial charge in [0.1, 0.15) is 0 Å². The molecular formula is C84H150N2Pd. The predicted octanol–water partition coefficient (Wildman–Crippen LogP) is 29.7. The molecule has 3 heteroatoms. The Morgan fingerprint density at radius 2 is 0.437 bits per heavy atom. The summed E-state index contributed by atoms with van der Waals surface area (Å²) >= 11 is 1.06. The van der Waals surface area contributed by atoms with Gasteiger partial charge in [0.05, 0.1) is 0 Å². The van der Waals surface area contributed by atoms with Crippen molar-refractivity contribution >= 4 is 11.4 Å². The molecule has 0 saturated heterocycles. The van der Waals surface area contributed by atoms with Gasteiger partial charge < -0.3 is 5.53 Å². The average molecular weight is 1290 g/mol. The molecule has 2 aromatic carbocycles. The zero-order valence-electron chi connectivity index (χ0n) is 60.1. The first kappa shape index (κ1) is 81.3. The van der Waals surface area contributed by atoms with Gasteiger partial charge in [-0.05, 0) is 135 Å². The van der Waals surface area contributed by atoms with Gasteiger partial charge in [-0.25, -0.2) is 4.70 Å². The van der Waals surface area contributed by atoms with Crippen LogP contribution in [0.15, 0.2) is 36.4 Å². The van der Waals surface area contributed by atoms with Gasteiger partial charge >= 0.3 is 169 Å². The Kier molecular flexibility index (Phi) is 56.4. The predicted molar refractivity (Wildman–Crippen MR) is 390 cm³/mol. The van der Waals surface area contributed by atoms with Gasteiger partial charge in [0, 0.05) is 23.3 Å². The molecule has 0 aromatic heterocycles. The van der Waals surface area contributed by atoms with Crippen LogP contribution in [0.2, 0.25) is 9.79 Å². The first-order valence-electron chi connectivity index (χ1n) is 39.6. The number of unbranched alkanes of at least 4 members (excludes halogenated alkanes) is 44. The third-order valence-electron chi connectivity index (χ3n) is 19.2. The van der Waals surface area contributed by atoms with E-state index < -0.39 is 0 Å². The van der Waals surface area contributed by atoms with E-state index in [4.69, 9.17) is 0 Å². The smallest absolute Gasteiger partial charge is 0.493 e. The van der Waals surface area contributed by atoms with E-state index in [1.54, 1.807) is 20.9 Å². The van der Waals surface area contributed by atoms with Crippen molar-refractivity contribution in [3.05, 3.63) is 86.5 Å². The summed E-state index contributed by atoms with van der Waals surface area (Å²) in [6.07, 6.45) is 84.8. The Morgan fingerprint density at radius 3 is 0.655 bits per heavy atom. The first-order chi connectivity index (χ1) is 42.9. The van der Waals surface area contributed by atoms with Crippen LogP contribution in [0.1, 0.15) is 434 Å². The second-order valence-electron chi connectivity index (χ2n) is 27.5. The van der Waals surface area contributed by atoms with Crippen molar-refractivity contribution in [2.45, 2.75) is 438 Å². The summed E-state index contributed by atoms with van der Waals surface area (Å²) in [5.74, 6) is 0. The van der Waals surface area contributed by atoms with Gasteiger partial charge in [-0.1, -0.05) is 209 Å². The van der Waals surface area contributed by atoms with E-state index in [1.807, 2.05) is 0 Å². The Labute approximate surface area is 554 Å². The molecule has 0 atom stereocenters. The van der Waals surface area contributed by atoms with E-state index in [0.717, 1.165) is 55.1 Å². The number of hydrogen-bond donors (Lipinski definition) is 0. The molecule has 0 radical (unpaired) electrons. The van der Waals surface area contributed by atoms with Crippen LogP contribution in [0.25, 0.3) is 16.9 Å². The monoisotopic (exact) mass is 1290 g/mol. The van der Waals surface area contributed by atoms with E-state index in [9.17, 15) is 5.53 Å². The molecule has 3 rings (SSSR count). The molecular weight excluding hydrogens is 1140 g/mol. The number of hydrogen-bond acceptors (Lipinski definition) is 0. The molecule has 506 valence electrons. The minimum absolute atomic E-state index is 0.931.